The number of hydrogen-bond donors (Lipinski definition) is 1. The minimum absolute atomic E-state index is 0.0410. The van der Waals surface area contributed by atoms with Crippen molar-refractivity contribution in [2.75, 3.05) is 19.5 Å². The number of Topliss-reactive ketones (excluding diaryl/α,β-unsaturated/α-hetero) is 1. The number of ketones is 1. The molecule has 6 nitrogen and oxygen atoms in total. The van der Waals surface area contributed by atoms with Crippen molar-refractivity contribution in [3.05, 3.63) is 71.5 Å². The number of aromatic nitrogens is 2. The van der Waals surface area contributed by atoms with Crippen molar-refractivity contribution >= 4 is 17.4 Å². The van der Waals surface area contributed by atoms with Gasteiger partial charge in [-0.2, -0.15) is 0 Å². The zero-order chi connectivity index (χ0) is 19.5. The van der Waals surface area contributed by atoms with Crippen LogP contribution in [0.15, 0.2) is 54.7 Å². The van der Waals surface area contributed by atoms with Gasteiger partial charge in [0.15, 0.2) is 17.3 Å². The summed E-state index contributed by atoms with van der Waals surface area (Å²) in [7, 11) is 3.22. The molecule has 0 fully saturated rings. The second kappa shape index (κ2) is 7.68. The molecule has 1 aromatic heterocycles. The van der Waals surface area contributed by atoms with Gasteiger partial charge < -0.3 is 14.8 Å². The molecular formula is C22H21N3O3. The molecule has 28 heavy (non-hydrogen) atoms. The fraction of sp³-hybridized carbons (Fsp3) is 0.227. The molecule has 1 atom stereocenters. The van der Waals surface area contributed by atoms with Gasteiger partial charge in [0, 0.05) is 18.3 Å². The number of methoxy groups -OCH3 is 2. The number of anilines is 2. The van der Waals surface area contributed by atoms with E-state index in [1.807, 2.05) is 48.5 Å². The van der Waals surface area contributed by atoms with Crippen molar-refractivity contribution in [1.82, 2.24) is 9.97 Å². The molecule has 3 aromatic rings. The monoisotopic (exact) mass is 375 g/mol. The Kier molecular flexibility index (Phi) is 4.93. The van der Waals surface area contributed by atoms with E-state index in [-0.39, 0.29) is 11.7 Å². The van der Waals surface area contributed by atoms with Crippen LogP contribution < -0.4 is 14.8 Å². The predicted octanol–water partition coefficient (Wildman–Crippen LogP) is 4.15. The summed E-state index contributed by atoms with van der Waals surface area (Å²) < 4.78 is 10.7. The number of hydrogen-bond acceptors (Lipinski definition) is 6. The number of nitrogens with one attached hydrogen (secondary N) is 1. The maximum absolute atomic E-state index is 12.7. The molecular weight excluding hydrogens is 354 g/mol. The molecule has 1 N–H and O–H groups in total. The van der Waals surface area contributed by atoms with E-state index in [2.05, 4.69) is 15.3 Å². The van der Waals surface area contributed by atoms with Gasteiger partial charge in [0.2, 0.25) is 5.95 Å². The van der Waals surface area contributed by atoms with E-state index < -0.39 is 0 Å². The van der Waals surface area contributed by atoms with Crippen molar-refractivity contribution in [3.63, 3.8) is 0 Å². The van der Waals surface area contributed by atoms with Crippen molar-refractivity contribution in [1.29, 1.82) is 0 Å². The van der Waals surface area contributed by atoms with Crippen LogP contribution in [0.3, 0.4) is 0 Å². The number of fused-ring (bicyclic) bond motifs is 1. The highest BCUT2D eigenvalue weighted by Gasteiger charge is 2.28. The summed E-state index contributed by atoms with van der Waals surface area (Å²) in [6, 6.07) is 15.5. The van der Waals surface area contributed by atoms with Crippen LogP contribution in [0.1, 0.15) is 34.0 Å². The van der Waals surface area contributed by atoms with E-state index in [1.165, 1.54) is 0 Å². The third kappa shape index (κ3) is 3.53. The Bertz CT molecular complexity index is 1010. The Morgan fingerprint density at radius 1 is 1.00 bits per heavy atom. The number of ether oxygens (including phenoxy) is 2. The van der Waals surface area contributed by atoms with Crippen molar-refractivity contribution in [2.45, 2.75) is 18.8 Å². The summed E-state index contributed by atoms with van der Waals surface area (Å²) in [6.45, 7) is 0. The van der Waals surface area contributed by atoms with Gasteiger partial charge in [0.1, 0.15) is 0 Å². The van der Waals surface area contributed by atoms with Crippen molar-refractivity contribution in [3.8, 4) is 11.5 Å². The van der Waals surface area contributed by atoms with E-state index in [0.717, 1.165) is 16.9 Å². The summed E-state index contributed by atoms with van der Waals surface area (Å²) in [4.78, 5) is 21.6. The second-order valence-electron chi connectivity index (χ2n) is 6.69. The zero-order valence-electron chi connectivity index (χ0n) is 15.8. The number of para-hydroxylation sites is 1. The molecule has 6 heteroatoms. The fourth-order valence-corrected chi connectivity index (χ4v) is 3.50. The Morgan fingerprint density at radius 3 is 2.54 bits per heavy atom. The Hall–Kier alpha value is -3.41. The SMILES string of the molecule is COc1ccc([C@H]2CC(=O)c3cnc(Nc4ccccc4)nc3C2)cc1OC. The molecule has 0 aliphatic heterocycles. The van der Waals surface area contributed by atoms with E-state index >= 15 is 0 Å². The third-order valence-corrected chi connectivity index (χ3v) is 4.95. The van der Waals surface area contributed by atoms with E-state index in [0.29, 0.717) is 35.9 Å². The molecule has 0 unspecified atom stereocenters. The van der Waals surface area contributed by atoms with Gasteiger partial charge in [-0.05, 0) is 42.2 Å². The number of nitrogens with zero attached hydrogens (tertiary/aromatic N) is 2. The summed E-state index contributed by atoms with van der Waals surface area (Å²) in [5.41, 5.74) is 3.31. The Morgan fingerprint density at radius 2 is 1.79 bits per heavy atom. The van der Waals surface area contributed by atoms with Crippen LogP contribution in [0.25, 0.3) is 0 Å². The quantitative estimate of drug-likeness (QED) is 0.722. The van der Waals surface area contributed by atoms with Gasteiger partial charge in [-0.25, -0.2) is 9.97 Å². The molecule has 0 saturated carbocycles. The lowest BCUT2D eigenvalue weighted by Crippen LogP contribution is -2.21. The molecule has 1 aliphatic carbocycles. The number of benzene rings is 2. The summed E-state index contributed by atoms with van der Waals surface area (Å²) in [5, 5.41) is 3.19. The van der Waals surface area contributed by atoms with Gasteiger partial charge in [0.25, 0.3) is 0 Å². The standard InChI is InChI=1S/C22H21N3O3/c1-27-20-9-8-14(12-21(20)28-2)15-10-18-17(19(26)11-15)13-23-22(25-18)24-16-6-4-3-5-7-16/h3-9,12-13,15H,10-11H2,1-2H3,(H,23,24,25)/t15-/m1/s1. The fourth-order valence-electron chi connectivity index (χ4n) is 3.50. The van der Waals surface area contributed by atoms with Gasteiger partial charge in [-0.15, -0.1) is 0 Å². The average Bonchev–Trinajstić information content (AvgIpc) is 2.73. The highest BCUT2D eigenvalue weighted by molar-refractivity contribution is 5.98. The van der Waals surface area contributed by atoms with Crippen LogP contribution >= 0.6 is 0 Å². The van der Waals surface area contributed by atoms with E-state index in [1.54, 1.807) is 20.4 Å². The van der Waals surface area contributed by atoms with Crippen LogP contribution in [0, 0.1) is 0 Å². The Labute approximate surface area is 163 Å². The first kappa shape index (κ1) is 18.0. The first-order chi connectivity index (χ1) is 13.7. The topological polar surface area (TPSA) is 73.3 Å². The van der Waals surface area contributed by atoms with Crippen molar-refractivity contribution < 1.29 is 14.3 Å². The summed E-state index contributed by atoms with van der Waals surface area (Å²) in [5.74, 6) is 1.93. The molecule has 1 heterocycles. The predicted molar refractivity (Wildman–Crippen MR) is 107 cm³/mol. The number of carbonyl (C=O) groups excluding carboxylic acids is 1. The maximum atomic E-state index is 12.7. The van der Waals surface area contributed by atoms with Crippen LogP contribution in [0.2, 0.25) is 0 Å². The second-order valence-corrected chi connectivity index (χ2v) is 6.69. The van der Waals surface area contributed by atoms with Gasteiger partial charge in [-0.3, -0.25) is 4.79 Å². The van der Waals surface area contributed by atoms with Crippen LogP contribution in [0.5, 0.6) is 11.5 Å². The lowest BCUT2D eigenvalue weighted by molar-refractivity contribution is 0.0962. The lowest BCUT2D eigenvalue weighted by atomic mass is 9.82. The lowest BCUT2D eigenvalue weighted by Gasteiger charge is -2.24. The Balaban J connectivity index is 1.61. The molecule has 0 bridgehead atoms. The number of rotatable bonds is 5. The van der Waals surface area contributed by atoms with E-state index in [4.69, 9.17) is 9.47 Å². The molecule has 2 aromatic carbocycles. The minimum atomic E-state index is 0.0410. The molecule has 0 amide bonds. The van der Waals surface area contributed by atoms with Crippen molar-refractivity contribution in [2.24, 2.45) is 0 Å². The molecule has 0 saturated heterocycles. The normalized spacial score (nSPS) is 15.6. The number of carbonyl (C=O) groups is 1. The average molecular weight is 375 g/mol. The van der Waals surface area contributed by atoms with Gasteiger partial charge in [-0.1, -0.05) is 24.3 Å². The zero-order valence-corrected chi connectivity index (χ0v) is 15.8. The maximum Gasteiger partial charge on any atom is 0.227 e. The molecule has 0 spiro atoms. The third-order valence-electron chi connectivity index (χ3n) is 4.95. The van der Waals surface area contributed by atoms with Gasteiger partial charge >= 0.3 is 0 Å². The largest absolute Gasteiger partial charge is 0.493 e. The highest BCUT2D eigenvalue weighted by atomic mass is 16.5. The van der Waals surface area contributed by atoms with Crippen LogP contribution in [-0.4, -0.2) is 30.0 Å². The summed E-state index contributed by atoms with van der Waals surface area (Å²) >= 11 is 0. The van der Waals surface area contributed by atoms with Crippen LogP contribution in [0.4, 0.5) is 11.6 Å². The molecule has 1 aliphatic rings. The molecule has 142 valence electrons. The highest BCUT2D eigenvalue weighted by Crippen LogP contribution is 2.36. The van der Waals surface area contributed by atoms with E-state index in [9.17, 15) is 4.79 Å². The van der Waals surface area contributed by atoms with Crippen LogP contribution in [-0.2, 0) is 6.42 Å². The smallest absolute Gasteiger partial charge is 0.227 e. The first-order valence-electron chi connectivity index (χ1n) is 9.11. The van der Waals surface area contributed by atoms with Gasteiger partial charge in [0.05, 0.1) is 25.5 Å². The molecule has 4 rings (SSSR count). The minimum Gasteiger partial charge on any atom is -0.493 e. The first-order valence-corrected chi connectivity index (χ1v) is 9.11. The molecule has 0 radical (unpaired) electrons. The summed E-state index contributed by atoms with van der Waals surface area (Å²) in [6.07, 6.45) is 2.72.